The highest BCUT2D eigenvalue weighted by molar-refractivity contribution is 8.00. The molecule has 1 aliphatic heterocycles. The van der Waals surface area contributed by atoms with E-state index in [4.69, 9.17) is 14.3 Å². The predicted molar refractivity (Wildman–Crippen MR) is 173 cm³/mol. The minimum absolute atomic E-state index is 0.0491. The van der Waals surface area contributed by atoms with Crippen molar-refractivity contribution in [2.24, 2.45) is 39.2 Å². The first-order valence-corrected chi connectivity index (χ1v) is 17.2. The Balaban J connectivity index is 1.25. The molecule has 0 aromatic heterocycles. The fraction of sp³-hybridized carbons (Fsp3) is 0.686. The molecule has 0 radical (unpaired) electrons. The highest BCUT2D eigenvalue weighted by Gasteiger charge is 2.68. The smallest absolute Gasteiger partial charge is 0.316 e. The molecule has 4 aliphatic rings. The Bertz CT molecular complexity index is 1240. The first-order valence-electron chi connectivity index (χ1n) is 16.3. The lowest BCUT2D eigenvalue weighted by Crippen LogP contribution is -2.63. The third kappa shape index (κ3) is 6.39. The van der Waals surface area contributed by atoms with Crippen LogP contribution in [-0.4, -0.2) is 85.4 Å². The van der Waals surface area contributed by atoms with Crippen LogP contribution in [0.25, 0.3) is 0 Å². The molecule has 8 nitrogen and oxygen atoms in total. The van der Waals surface area contributed by atoms with Crippen molar-refractivity contribution in [2.75, 3.05) is 45.2 Å². The van der Waals surface area contributed by atoms with E-state index in [-0.39, 0.29) is 40.7 Å². The summed E-state index contributed by atoms with van der Waals surface area (Å²) in [6.07, 6.45) is 5.98. The summed E-state index contributed by atoms with van der Waals surface area (Å²) in [6, 6.07) is 7.83. The summed E-state index contributed by atoms with van der Waals surface area (Å²) in [5.41, 5.74) is -0.546. The average molecular weight is 627 g/mol. The van der Waals surface area contributed by atoms with Crippen molar-refractivity contribution in [2.45, 2.75) is 76.9 Å². The maximum atomic E-state index is 13.6. The summed E-state index contributed by atoms with van der Waals surface area (Å²) in [4.78, 5) is 35.8. The van der Waals surface area contributed by atoms with Crippen LogP contribution >= 0.6 is 11.8 Å². The van der Waals surface area contributed by atoms with Gasteiger partial charge in [-0.15, -0.1) is 18.3 Å². The average Bonchev–Trinajstić information content (AvgIpc) is 3.38. The second kappa shape index (κ2) is 13.7. The molecule has 1 aromatic rings. The van der Waals surface area contributed by atoms with Gasteiger partial charge in [-0.2, -0.15) is 0 Å². The van der Waals surface area contributed by atoms with Crippen molar-refractivity contribution < 1.29 is 29.0 Å². The molecular formula is C35H50N2O6S. The van der Waals surface area contributed by atoms with Crippen molar-refractivity contribution in [3.8, 4) is 0 Å². The highest BCUT2D eigenvalue weighted by Crippen LogP contribution is 2.68. The number of nitrogens with zero attached hydrogens (tertiary/aromatic N) is 2. The lowest BCUT2D eigenvalue weighted by Gasteiger charge is -2.61. The summed E-state index contributed by atoms with van der Waals surface area (Å²) >= 11 is 1.42. The quantitative estimate of drug-likeness (QED) is 0.0925. The zero-order valence-electron chi connectivity index (χ0n) is 26.8. The number of ether oxygens (including phenoxy) is 2. The van der Waals surface area contributed by atoms with Gasteiger partial charge in [0.1, 0.15) is 18.5 Å². The maximum Gasteiger partial charge on any atom is 0.316 e. The number of aliphatic hydroxyl groups excluding tert-OH is 1. The summed E-state index contributed by atoms with van der Waals surface area (Å²) in [6.45, 7) is 17.3. The van der Waals surface area contributed by atoms with Gasteiger partial charge in [-0.1, -0.05) is 51.1 Å². The summed E-state index contributed by atoms with van der Waals surface area (Å²) in [5.74, 6) is 0.0267. The van der Waals surface area contributed by atoms with E-state index in [1.165, 1.54) is 11.8 Å². The monoisotopic (exact) mass is 626 g/mol. The molecule has 1 saturated heterocycles. The van der Waals surface area contributed by atoms with Crippen LogP contribution in [0, 0.1) is 34.0 Å². The van der Waals surface area contributed by atoms with E-state index in [1.54, 1.807) is 6.21 Å². The van der Waals surface area contributed by atoms with Crippen molar-refractivity contribution in [3.63, 3.8) is 0 Å². The number of thioether (sulfide) groups is 1. The molecule has 8 atom stereocenters. The van der Waals surface area contributed by atoms with Gasteiger partial charge in [0.2, 0.25) is 0 Å². The molecule has 1 N–H and O–H groups in total. The Morgan fingerprint density at radius 2 is 2.02 bits per heavy atom. The van der Waals surface area contributed by atoms with Gasteiger partial charge in [0.05, 0.1) is 31.3 Å². The van der Waals surface area contributed by atoms with Crippen LogP contribution in [0.1, 0.15) is 65.4 Å². The zero-order chi connectivity index (χ0) is 31.5. The van der Waals surface area contributed by atoms with Crippen LogP contribution in [0.5, 0.6) is 0 Å². The molecule has 0 spiro atoms. The number of carbonyl (C=O) groups is 2. The van der Waals surface area contributed by atoms with Gasteiger partial charge in [0.25, 0.3) is 0 Å². The number of rotatable bonds is 10. The van der Waals surface area contributed by atoms with Crippen molar-refractivity contribution in [1.29, 1.82) is 0 Å². The van der Waals surface area contributed by atoms with Crippen LogP contribution in [0.15, 0.2) is 47.0 Å². The van der Waals surface area contributed by atoms with Gasteiger partial charge in [-0.25, -0.2) is 0 Å². The van der Waals surface area contributed by atoms with Crippen molar-refractivity contribution in [1.82, 2.24) is 4.90 Å². The molecule has 5 rings (SSSR count). The van der Waals surface area contributed by atoms with Crippen LogP contribution in [0.4, 0.5) is 0 Å². The highest BCUT2D eigenvalue weighted by atomic mass is 32.2. The number of benzene rings is 1. The predicted octanol–water partition coefficient (Wildman–Crippen LogP) is 5.37. The number of hydrogen-bond donors (Lipinski definition) is 1. The first-order chi connectivity index (χ1) is 21.0. The van der Waals surface area contributed by atoms with E-state index < -0.39 is 23.0 Å². The standard InChI is InChI=1S/C35H50N2O6S/c1-6-33(4)21-29(34(5)24(2)10-12-35(25(3)32(33)40)13-11-28(38)31(34)35)43-30(39)23-44-27-9-7-8-26(20-27)22-36-42-19-16-37-14-17-41-18-15-37/h6-9,20,22,24-25,29,31-32,40H,1,10-19,21,23H2,2-5H3/b36-22+/t24?,25-,29+,31?,32-,33+,34-,35?/m0/s1. The van der Waals surface area contributed by atoms with Crippen LogP contribution in [0.3, 0.4) is 0 Å². The number of carbonyl (C=O) groups excluding carboxylic acids is 2. The fourth-order valence-corrected chi connectivity index (χ4v) is 9.41. The first kappa shape index (κ1) is 33.2. The van der Waals surface area contributed by atoms with E-state index in [2.05, 4.69) is 37.4 Å². The van der Waals surface area contributed by atoms with Gasteiger partial charge < -0.3 is 19.4 Å². The second-order valence-electron chi connectivity index (χ2n) is 13.9. The maximum absolute atomic E-state index is 13.6. The van der Waals surface area contributed by atoms with E-state index in [9.17, 15) is 14.7 Å². The van der Waals surface area contributed by atoms with Crippen LogP contribution in [0.2, 0.25) is 0 Å². The topological polar surface area (TPSA) is 97.7 Å². The van der Waals surface area contributed by atoms with E-state index in [0.717, 1.165) is 62.6 Å². The minimum Gasteiger partial charge on any atom is -0.461 e. The molecule has 44 heavy (non-hydrogen) atoms. The van der Waals surface area contributed by atoms with Crippen LogP contribution < -0.4 is 0 Å². The lowest BCUT2D eigenvalue weighted by molar-refractivity contribution is -0.205. The van der Waals surface area contributed by atoms with Gasteiger partial charge >= 0.3 is 5.97 Å². The Hall–Kier alpha value is -2.20. The minimum atomic E-state index is -0.672. The number of aliphatic hydroxyl groups is 1. The number of hydrogen-bond acceptors (Lipinski definition) is 9. The third-order valence-corrected chi connectivity index (χ3v) is 12.6. The molecule has 2 bridgehead atoms. The Labute approximate surface area is 266 Å². The fourth-order valence-electron chi connectivity index (χ4n) is 8.67. The molecule has 1 aromatic carbocycles. The van der Waals surface area contributed by atoms with Crippen LogP contribution in [-0.2, 0) is 23.9 Å². The summed E-state index contributed by atoms with van der Waals surface area (Å²) < 4.78 is 11.8. The summed E-state index contributed by atoms with van der Waals surface area (Å²) in [7, 11) is 0. The normalized spacial score (nSPS) is 37.7. The van der Waals surface area contributed by atoms with Crippen molar-refractivity contribution >= 4 is 29.7 Å². The van der Waals surface area contributed by atoms with Gasteiger partial charge in [-0.3, -0.25) is 14.5 Å². The third-order valence-electron chi connectivity index (χ3n) is 11.7. The molecular weight excluding hydrogens is 576 g/mol. The molecule has 0 amide bonds. The summed E-state index contributed by atoms with van der Waals surface area (Å²) in [5, 5.41) is 15.8. The number of morpholine rings is 1. The molecule has 9 heteroatoms. The van der Waals surface area contributed by atoms with Gasteiger partial charge in [0, 0.05) is 47.7 Å². The van der Waals surface area contributed by atoms with Gasteiger partial charge in [-0.05, 0) is 60.6 Å². The lowest BCUT2D eigenvalue weighted by atomic mass is 9.44. The molecule has 242 valence electrons. The number of oxime groups is 1. The van der Waals surface area contributed by atoms with E-state index in [1.807, 2.05) is 37.3 Å². The Morgan fingerprint density at radius 3 is 2.77 bits per heavy atom. The van der Waals surface area contributed by atoms with Gasteiger partial charge in [0.15, 0.2) is 0 Å². The number of Topliss-reactive ketones (excluding diaryl/α,β-unsaturated/α-hetero) is 1. The SMILES string of the molecule is C=C[C@]1(C)C[C@@H](OC(=O)CSc2cccc(/C=N/OCCN3CCOCC3)c2)[C@]2(C)C(C)CCC3(CCC(=O)C32)[C@@H](C)[C@@H]1O. The Kier molecular flexibility index (Phi) is 10.3. The Morgan fingerprint density at radius 1 is 1.25 bits per heavy atom. The van der Waals surface area contributed by atoms with E-state index in [0.29, 0.717) is 19.4 Å². The number of ketones is 1. The molecule has 4 fully saturated rings. The largest absolute Gasteiger partial charge is 0.461 e. The molecule has 3 aliphatic carbocycles. The second-order valence-corrected chi connectivity index (χ2v) is 15.0. The van der Waals surface area contributed by atoms with E-state index >= 15 is 0 Å². The molecule has 3 unspecified atom stereocenters. The number of esters is 1. The molecule has 3 saturated carbocycles. The zero-order valence-corrected chi connectivity index (χ0v) is 27.7. The van der Waals surface area contributed by atoms with Crippen molar-refractivity contribution in [3.05, 3.63) is 42.5 Å². The molecule has 1 heterocycles.